The first-order valence-electron chi connectivity index (χ1n) is 6.53. The van der Waals surface area contributed by atoms with E-state index in [1.54, 1.807) is 17.0 Å². The van der Waals surface area contributed by atoms with Crippen LogP contribution >= 0.6 is 11.6 Å². The quantitative estimate of drug-likeness (QED) is 0.900. The number of urea groups is 1. The molecule has 1 aromatic carbocycles. The van der Waals surface area contributed by atoms with Gasteiger partial charge in [-0.3, -0.25) is 4.79 Å². The number of aliphatic carboxylic acids is 1. The van der Waals surface area contributed by atoms with Gasteiger partial charge in [-0.1, -0.05) is 17.7 Å². The second-order valence-electron chi connectivity index (χ2n) is 4.98. The Kier molecular flexibility index (Phi) is 4.49. The minimum atomic E-state index is -0.881. The summed E-state index contributed by atoms with van der Waals surface area (Å²) < 4.78 is 0. The van der Waals surface area contributed by atoms with E-state index in [2.05, 4.69) is 5.32 Å². The Hall–Kier alpha value is -1.75. The maximum absolute atomic E-state index is 12.2. The molecule has 5 nitrogen and oxygen atoms in total. The fourth-order valence-electron chi connectivity index (χ4n) is 2.38. The van der Waals surface area contributed by atoms with E-state index in [0.29, 0.717) is 17.3 Å². The van der Waals surface area contributed by atoms with Crippen LogP contribution in [0, 0.1) is 6.92 Å². The molecule has 20 heavy (non-hydrogen) atoms. The van der Waals surface area contributed by atoms with Gasteiger partial charge < -0.3 is 15.3 Å². The van der Waals surface area contributed by atoms with Crippen molar-refractivity contribution in [1.29, 1.82) is 0 Å². The molecule has 0 radical (unpaired) electrons. The molecule has 108 valence electrons. The SMILES string of the molecule is Cc1ccc(NC(=O)N2CCCC2CC(=O)O)cc1Cl. The predicted molar refractivity (Wildman–Crippen MR) is 77.2 cm³/mol. The molecule has 6 heteroatoms. The fourth-order valence-corrected chi connectivity index (χ4v) is 2.56. The van der Waals surface area contributed by atoms with E-state index in [4.69, 9.17) is 16.7 Å². The van der Waals surface area contributed by atoms with Gasteiger partial charge >= 0.3 is 12.0 Å². The zero-order valence-electron chi connectivity index (χ0n) is 11.2. The summed E-state index contributed by atoms with van der Waals surface area (Å²) in [6, 6.07) is 4.80. The van der Waals surface area contributed by atoms with Crippen LogP contribution in [-0.4, -0.2) is 34.6 Å². The second-order valence-corrected chi connectivity index (χ2v) is 5.39. The number of hydrogen-bond acceptors (Lipinski definition) is 2. The number of aryl methyl sites for hydroxylation is 1. The zero-order valence-corrected chi connectivity index (χ0v) is 12.0. The third kappa shape index (κ3) is 3.42. The van der Waals surface area contributed by atoms with Crippen LogP contribution in [-0.2, 0) is 4.79 Å². The predicted octanol–water partition coefficient (Wildman–Crippen LogP) is 3.12. The van der Waals surface area contributed by atoms with Crippen LogP contribution in [0.25, 0.3) is 0 Å². The fraction of sp³-hybridized carbons (Fsp3) is 0.429. The van der Waals surface area contributed by atoms with Gasteiger partial charge in [0.1, 0.15) is 0 Å². The van der Waals surface area contributed by atoms with E-state index in [9.17, 15) is 9.59 Å². The second kappa shape index (κ2) is 6.13. The summed E-state index contributed by atoms with van der Waals surface area (Å²) in [7, 11) is 0. The first kappa shape index (κ1) is 14.7. The van der Waals surface area contributed by atoms with Crippen molar-refractivity contribution in [3.8, 4) is 0 Å². The number of carboxylic acid groups (broad SMARTS) is 1. The molecule has 1 heterocycles. The lowest BCUT2D eigenvalue weighted by molar-refractivity contribution is -0.137. The van der Waals surface area contributed by atoms with E-state index in [1.807, 2.05) is 13.0 Å². The molecule has 1 aliphatic heterocycles. The number of halogens is 1. The van der Waals surface area contributed by atoms with Crippen LogP contribution in [0.5, 0.6) is 0 Å². The molecule has 1 fully saturated rings. The van der Waals surface area contributed by atoms with Gasteiger partial charge in [-0.25, -0.2) is 4.79 Å². The molecule has 1 aromatic rings. The summed E-state index contributed by atoms with van der Waals surface area (Å²) in [4.78, 5) is 24.6. The van der Waals surface area contributed by atoms with Gasteiger partial charge in [-0.2, -0.15) is 0 Å². The van der Waals surface area contributed by atoms with E-state index in [1.165, 1.54) is 0 Å². The van der Waals surface area contributed by atoms with Gasteiger partial charge in [0.25, 0.3) is 0 Å². The van der Waals surface area contributed by atoms with Crippen LogP contribution in [0.4, 0.5) is 10.5 Å². The summed E-state index contributed by atoms with van der Waals surface area (Å²) in [6.07, 6.45) is 1.55. The summed E-state index contributed by atoms with van der Waals surface area (Å²) in [5, 5.41) is 12.2. The van der Waals surface area contributed by atoms with Crippen LogP contribution in [0.1, 0.15) is 24.8 Å². The van der Waals surface area contributed by atoms with Gasteiger partial charge in [0.05, 0.1) is 6.42 Å². The van der Waals surface area contributed by atoms with Gasteiger partial charge in [0.15, 0.2) is 0 Å². The van der Waals surface area contributed by atoms with Crippen molar-refractivity contribution in [2.75, 3.05) is 11.9 Å². The highest BCUT2D eigenvalue weighted by molar-refractivity contribution is 6.31. The van der Waals surface area contributed by atoms with Gasteiger partial charge in [0, 0.05) is 23.3 Å². The molecular formula is C14H17ClN2O3. The number of anilines is 1. The molecule has 1 saturated heterocycles. The van der Waals surface area contributed by atoms with E-state index < -0.39 is 5.97 Å². The number of carbonyl (C=O) groups is 2. The molecule has 1 atom stereocenters. The lowest BCUT2D eigenvalue weighted by Gasteiger charge is -2.23. The highest BCUT2D eigenvalue weighted by atomic mass is 35.5. The number of carboxylic acids is 1. The number of benzene rings is 1. The first-order chi connectivity index (χ1) is 9.47. The van der Waals surface area contributed by atoms with E-state index in [-0.39, 0.29) is 18.5 Å². The molecule has 2 rings (SSSR count). The highest BCUT2D eigenvalue weighted by Crippen LogP contribution is 2.23. The normalized spacial score (nSPS) is 18.1. The Labute approximate surface area is 122 Å². The summed E-state index contributed by atoms with van der Waals surface area (Å²) in [5.74, 6) is -0.881. The Morgan fingerprint density at radius 2 is 2.25 bits per heavy atom. The number of hydrogen-bond donors (Lipinski definition) is 2. The van der Waals surface area contributed by atoms with Gasteiger partial charge in [-0.15, -0.1) is 0 Å². The molecule has 1 unspecified atom stereocenters. The van der Waals surface area contributed by atoms with Crippen molar-refractivity contribution in [2.45, 2.75) is 32.2 Å². The zero-order chi connectivity index (χ0) is 14.7. The molecule has 0 bridgehead atoms. The lowest BCUT2D eigenvalue weighted by atomic mass is 10.1. The Bertz CT molecular complexity index is 533. The smallest absolute Gasteiger partial charge is 0.322 e. The van der Waals surface area contributed by atoms with Crippen molar-refractivity contribution in [3.05, 3.63) is 28.8 Å². The Morgan fingerprint density at radius 1 is 1.50 bits per heavy atom. The largest absolute Gasteiger partial charge is 0.481 e. The standard InChI is InChI=1S/C14H17ClN2O3/c1-9-4-5-10(7-12(9)15)16-14(20)17-6-2-3-11(17)8-13(18)19/h4-5,7,11H,2-3,6,8H2,1H3,(H,16,20)(H,18,19). The van der Waals surface area contributed by atoms with Crippen LogP contribution < -0.4 is 5.32 Å². The molecular weight excluding hydrogens is 280 g/mol. The Morgan fingerprint density at radius 3 is 2.90 bits per heavy atom. The van der Waals surface area contributed by atoms with Crippen molar-refractivity contribution < 1.29 is 14.7 Å². The van der Waals surface area contributed by atoms with Gasteiger partial charge in [-0.05, 0) is 37.5 Å². The molecule has 1 aliphatic rings. The maximum atomic E-state index is 12.2. The van der Waals surface area contributed by atoms with E-state index in [0.717, 1.165) is 18.4 Å². The molecule has 2 amide bonds. The molecule has 2 N–H and O–H groups in total. The minimum absolute atomic E-state index is 0.0118. The molecule has 0 aliphatic carbocycles. The monoisotopic (exact) mass is 296 g/mol. The summed E-state index contributed by atoms with van der Waals surface area (Å²) in [6.45, 7) is 2.47. The molecule has 0 saturated carbocycles. The van der Waals surface area contributed by atoms with E-state index >= 15 is 0 Å². The van der Waals surface area contributed by atoms with Crippen molar-refractivity contribution in [3.63, 3.8) is 0 Å². The van der Waals surface area contributed by atoms with Crippen LogP contribution in [0.15, 0.2) is 18.2 Å². The number of nitrogens with one attached hydrogen (secondary N) is 1. The average molecular weight is 297 g/mol. The van der Waals surface area contributed by atoms with Crippen LogP contribution in [0.2, 0.25) is 5.02 Å². The van der Waals surface area contributed by atoms with Crippen molar-refractivity contribution >= 4 is 29.3 Å². The van der Waals surface area contributed by atoms with Crippen LogP contribution in [0.3, 0.4) is 0 Å². The third-order valence-electron chi connectivity index (χ3n) is 3.47. The average Bonchev–Trinajstić information content (AvgIpc) is 2.81. The Balaban J connectivity index is 2.03. The molecule has 0 spiro atoms. The summed E-state index contributed by atoms with van der Waals surface area (Å²) in [5.41, 5.74) is 1.56. The third-order valence-corrected chi connectivity index (χ3v) is 3.88. The van der Waals surface area contributed by atoms with Crippen molar-refractivity contribution in [1.82, 2.24) is 4.90 Å². The van der Waals surface area contributed by atoms with Crippen molar-refractivity contribution in [2.24, 2.45) is 0 Å². The topological polar surface area (TPSA) is 69.6 Å². The first-order valence-corrected chi connectivity index (χ1v) is 6.90. The summed E-state index contributed by atoms with van der Waals surface area (Å²) >= 11 is 6.01. The number of likely N-dealkylation sites (tertiary alicyclic amines) is 1. The highest BCUT2D eigenvalue weighted by Gasteiger charge is 2.30. The van der Waals surface area contributed by atoms with Gasteiger partial charge in [0.2, 0.25) is 0 Å². The number of nitrogens with zero attached hydrogens (tertiary/aromatic N) is 1. The minimum Gasteiger partial charge on any atom is -0.481 e. The molecule has 0 aromatic heterocycles. The number of amides is 2. The maximum Gasteiger partial charge on any atom is 0.322 e. The lowest BCUT2D eigenvalue weighted by Crippen LogP contribution is -2.39. The number of rotatable bonds is 3. The number of carbonyl (C=O) groups excluding carboxylic acids is 1.